The van der Waals surface area contributed by atoms with Gasteiger partial charge in [-0.25, -0.2) is 0 Å². The number of ketones is 2. The highest BCUT2D eigenvalue weighted by molar-refractivity contribution is 9.10. The summed E-state index contributed by atoms with van der Waals surface area (Å²) < 4.78 is 12.2. The lowest BCUT2D eigenvalue weighted by atomic mass is 9.64. The molecule has 1 amide bonds. The van der Waals surface area contributed by atoms with E-state index in [1.165, 1.54) is 7.11 Å². The number of rotatable bonds is 6. The smallest absolute Gasteiger partial charge is 0.262 e. The number of amides is 1. The van der Waals surface area contributed by atoms with Gasteiger partial charge in [-0.05, 0) is 81.9 Å². The number of benzene rings is 2. The summed E-state index contributed by atoms with van der Waals surface area (Å²) in [5.74, 6) is -0.0417. The summed E-state index contributed by atoms with van der Waals surface area (Å²) >= 11 is 9.79. The van der Waals surface area contributed by atoms with Crippen LogP contribution < -0.4 is 20.1 Å². The Balaban J connectivity index is 1.49. The van der Waals surface area contributed by atoms with Crippen LogP contribution in [0.1, 0.15) is 70.4 Å². The first kappa shape index (κ1) is 30.4. The molecular weight excluding hydrogens is 620 g/mol. The number of ether oxygens (including phenoxy) is 2. The molecule has 0 spiro atoms. The summed E-state index contributed by atoms with van der Waals surface area (Å²) in [6.45, 7) is 10.0. The van der Waals surface area contributed by atoms with Gasteiger partial charge >= 0.3 is 0 Å². The number of hydrogen-bond donors (Lipinski definition) is 2. The minimum Gasteiger partial charge on any atom is -0.493 e. The number of allylic oxidation sites excluding steroid dienone is 4. The number of anilines is 1. The molecule has 7 nitrogen and oxygen atoms in total. The fourth-order valence-electron chi connectivity index (χ4n) is 6.27. The standard InChI is InChI=1S/C33H36BrClN2O5/c1-17-7-8-19(11-21(17)35)36-27(40)16-42-31-20(34)9-18(10-26(31)41-6)28-29-22(12-32(2,3)14-24(29)38)37-23-13-33(4,5)15-25(39)30(23)28/h7-11,28,37H,12-16H2,1-6H3,(H,36,40). The van der Waals surface area contributed by atoms with Gasteiger partial charge in [0.1, 0.15) is 0 Å². The topological polar surface area (TPSA) is 93.7 Å². The van der Waals surface area contributed by atoms with E-state index >= 15 is 0 Å². The van der Waals surface area contributed by atoms with Crippen LogP contribution in [0.5, 0.6) is 11.5 Å². The average molecular weight is 656 g/mol. The lowest BCUT2D eigenvalue weighted by Crippen LogP contribution is -2.42. The molecule has 0 radical (unpaired) electrons. The van der Waals surface area contributed by atoms with Crippen molar-refractivity contribution in [3.8, 4) is 11.5 Å². The second-order valence-electron chi connectivity index (χ2n) is 13.1. The highest BCUT2D eigenvalue weighted by atomic mass is 79.9. The summed E-state index contributed by atoms with van der Waals surface area (Å²) in [7, 11) is 1.52. The van der Waals surface area contributed by atoms with E-state index in [0.717, 1.165) is 35.4 Å². The Morgan fingerprint density at radius 1 is 1.00 bits per heavy atom. The van der Waals surface area contributed by atoms with Crippen molar-refractivity contribution in [1.82, 2.24) is 5.32 Å². The molecule has 0 bridgehead atoms. The lowest BCUT2D eigenvalue weighted by molar-refractivity contribution is -0.119. The quantitative estimate of drug-likeness (QED) is 0.337. The van der Waals surface area contributed by atoms with Crippen molar-refractivity contribution in [2.75, 3.05) is 19.0 Å². The number of halogens is 2. The maximum atomic E-state index is 13.7. The molecule has 2 N–H and O–H groups in total. The largest absolute Gasteiger partial charge is 0.493 e. The van der Waals surface area contributed by atoms with Gasteiger partial charge in [0.25, 0.3) is 5.91 Å². The first-order chi connectivity index (χ1) is 19.7. The minimum absolute atomic E-state index is 0.0474. The second kappa shape index (κ2) is 11.2. The van der Waals surface area contributed by atoms with Crippen molar-refractivity contribution in [3.63, 3.8) is 0 Å². The van der Waals surface area contributed by atoms with Gasteiger partial charge in [-0.2, -0.15) is 0 Å². The van der Waals surface area contributed by atoms with Crippen molar-refractivity contribution >= 4 is 50.7 Å². The number of carbonyl (C=O) groups excluding carboxylic acids is 3. The van der Waals surface area contributed by atoms with Gasteiger partial charge in [-0.3, -0.25) is 14.4 Å². The molecule has 0 aromatic heterocycles. The first-order valence-corrected chi connectivity index (χ1v) is 15.2. The third kappa shape index (κ3) is 6.02. The van der Waals surface area contributed by atoms with Crippen LogP contribution in [0.25, 0.3) is 0 Å². The van der Waals surface area contributed by atoms with Crippen LogP contribution >= 0.6 is 27.5 Å². The molecule has 1 heterocycles. The molecule has 0 fully saturated rings. The highest BCUT2D eigenvalue weighted by Gasteiger charge is 2.46. The van der Waals surface area contributed by atoms with E-state index in [1.807, 2.05) is 25.1 Å². The normalized spacial score (nSPS) is 19.6. The fraction of sp³-hybridized carbons (Fsp3) is 0.424. The third-order valence-electron chi connectivity index (χ3n) is 8.11. The van der Waals surface area contributed by atoms with Crippen molar-refractivity contribution in [2.24, 2.45) is 10.8 Å². The van der Waals surface area contributed by atoms with Crippen LogP contribution in [0.3, 0.4) is 0 Å². The number of hydrogen-bond acceptors (Lipinski definition) is 6. The number of aryl methyl sites for hydroxylation is 1. The average Bonchev–Trinajstić information content (AvgIpc) is 2.87. The van der Waals surface area contributed by atoms with E-state index in [9.17, 15) is 14.4 Å². The Hall–Kier alpha value is -3.10. The predicted molar refractivity (Wildman–Crippen MR) is 167 cm³/mol. The predicted octanol–water partition coefficient (Wildman–Crippen LogP) is 7.41. The fourth-order valence-corrected chi connectivity index (χ4v) is 7.03. The molecule has 0 unspecified atom stereocenters. The molecule has 0 saturated carbocycles. The molecule has 1 aliphatic heterocycles. The van der Waals surface area contributed by atoms with Crippen LogP contribution in [-0.2, 0) is 14.4 Å². The van der Waals surface area contributed by atoms with E-state index in [-0.39, 0.29) is 34.9 Å². The zero-order chi connectivity index (χ0) is 30.6. The van der Waals surface area contributed by atoms with Crippen molar-refractivity contribution in [2.45, 2.75) is 66.2 Å². The zero-order valence-electron chi connectivity index (χ0n) is 24.8. The highest BCUT2D eigenvalue weighted by Crippen LogP contribution is 2.52. The van der Waals surface area contributed by atoms with Gasteiger partial charge in [0.15, 0.2) is 29.7 Å². The molecule has 2 aliphatic carbocycles. The number of nitrogens with one attached hydrogen (secondary N) is 2. The van der Waals surface area contributed by atoms with Crippen molar-refractivity contribution in [1.29, 1.82) is 0 Å². The SMILES string of the molecule is COc1cc(C2C3=C(CC(C)(C)CC3=O)NC3=C2C(=O)CC(C)(C)C3)cc(Br)c1OCC(=O)Nc1ccc(C)c(Cl)c1. The summed E-state index contributed by atoms with van der Waals surface area (Å²) in [6, 6.07) is 8.96. The maximum absolute atomic E-state index is 13.7. The van der Waals surface area contributed by atoms with Gasteiger partial charge in [-0.15, -0.1) is 0 Å². The van der Waals surface area contributed by atoms with E-state index in [2.05, 4.69) is 54.3 Å². The monoisotopic (exact) mass is 654 g/mol. The van der Waals surface area contributed by atoms with Crippen molar-refractivity contribution in [3.05, 3.63) is 73.5 Å². The van der Waals surface area contributed by atoms with Crippen LogP contribution in [0.2, 0.25) is 5.02 Å². The number of carbonyl (C=O) groups is 3. The molecule has 42 heavy (non-hydrogen) atoms. The third-order valence-corrected chi connectivity index (χ3v) is 9.10. The van der Waals surface area contributed by atoms with Gasteiger partial charge in [-0.1, -0.05) is 45.4 Å². The summed E-state index contributed by atoms with van der Waals surface area (Å²) in [5, 5.41) is 6.89. The Morgan fingerprint density at radius 3 is 2.14 bits per heavy atom. The van der Waals surface area contributed by atoms with Crippen molar-refractivity contribution < 1.29 is 23.9 Å². The van der Waals surface area contributed by atoms with Crippen LogP contribution in [0.15, 0.2) is 57.3 Å². The van der Waals surface area contributed by atoms with E-state index < -0.39 is 5.92 Å². The van der Waals surface area contributed by atoms with Gasteiger partial charge in [0.2, 0.25) is 0 Å². The molecule has 2 aromatic carbocycles. The lowest BCUT2D eigenvalue weighted by Gasteiger charge is -2.44. The van der Waals surface area contributed by atoms with E-state index in [0.29, 0.717) is 50.7 Å². The van der Waals surface area contributed by atoms with Gasteiger partial charge < -0.3 is 20.1 Å². The number of dihydropyridines is 1. The Bertz CT molecular complexity index is 1520. The Morgan fingerprint density at radius 2 is 1.60 bits per heavy atom. The molecular formula is C33H36BrClN2O5. The summed E-state index contributed by atoms with van der Waals surface area (Å²) in [6.07, 6.45) is 2.26. The van der Waals surface area contributed by atoms with Crippen LogP contribution in [0, 0.1) is 17.8 Å². The number of methoxy groups -OCH3 is 1. The Labute approximate surface area is 260 Å². The first-order valence-electron chi connectivity index (χ1n) is 14.0. The van der Waals surface area contributed by atoms with E-state index in [4.69, 9.17) is 21.1 Å². The molecule has 2 aromatic rings. The summed E-state index contributed by atoms with van der Waals surface area (Å²) in [5.41, 5.74) is 4.98. The molecule has 222 valence electrons. The molecule has 5 rings (SSSR count). The molecule has 9 heteroatoms. The van der Waals surface area contributed by atoms with Crippen LogP contribution in [-0.4, -0.2) is 31.2 Å². The van der Waals surface area contributed by atoms with Gasteiger partial charge in [0, 0.05) is 52.0 Å². The second-order valence-corrected chi connectivity index (χ2v) is 14.3. The molecule has 3 aliphatic rings. The van der Waals surface area contributed by atoms with E-state index in [1.54, 1.807) is 12.1 Å². The zero-order valence-corrected chi connectivity index (χ0v) is 27.1. The maximum Gasteiger partial charge on any atom is 0.262 e. The molecule has 0 atom stereocenters. The molecule has 0 saturated heterocycles. The number of Topliss-reactive ketones (excluding diaryl/α,β-unsaturated/α-hetero) is 2. The van der Waals surface area contributed by atoms with Crippen LogP contribution in [0.4, 0.5) is 5.69 Å². The summed E-state index contributed by atoms with van der Waals surface area (Å²) in [4.78, 5) is 40.0. The Kier molecular flexibility index (Phi) is 8.09. The van der Waals surface area contributed by atoms with Gasteiger partial charge in [0.05, 0.1) is 11.6 Å². The minimum atomic E-state index is -0.516.